The van der Waals surface area contributed by atoms with E-state index in [2.05, 4.69) is 4.98 Å². The summed E-state index contributed by atoms with van der Waals surface area (Å²) in [7, 11) is -1.83. The lowest BCUT2D eigenvalue weighted by Gasteiger charge is -2.14. The minimum Gasteiger partial charge on any atom is -0.399 e. The topological polar surface area (TPSA) is 76.3 Å². The molecule has 0 atom stereocenters. The molecule has 0 bridgehead atoms. The third-order valence-corrected chi connectivity index (χ3v) is 2.77. The van der Waals surface area contributed by atoms with Gasteiger partial charge in [0, 0.05) is 25.0 Å². The maximum Gasteiger partial charge on any atom is 0.233 e. The maximum absolute atomic E-state index is 11.1. The van der Waals surface area contributed by atoms with Gasteiger partial charge in [-0.25, -0.2) is 13.4 Å². The molecule has 1 heterocycles. The van der Waals surface area contributed by atoms with E-state index in [4.69, 9.17) is 5.73 Å². The van der Waals surface area contributed by atoms with Crippen LogP contribution in [0.4, 0.5) is 11.5 Å². The van der Waals surface area contributed by atoms with Crippen molar-refractivity contribution in [1.29, 1.82) is 0 Å². The molecule has 0 saturated heterocycles. The highest BCUT2D eigenvalue weighted by molar-refractivity contribution is 7.92. The Morgan fingerprint density at radius 3 is 2.62 bits per heavy atom. The lowest BCUT2D eigenvalue weighted by Crippen LogP contribution is -2.25. The Bertz CT molecular complexity index is 402. The zero-order chi connectivity index (χ0) is 10.1. The number of anilines is 2. The van der Waals surface area contributed by atoms with Crippen LogP contribution in [-0.2, 0) is 10.0 Å². The van der Waals surface area contributed by atoms with Crippen molar-refractivity contribution in [3.63, 3.8) is 0 Å². The second kappa shape index (κ2) is 3.21. The first-order valence-electron chi connectivity index (χ1n) is 3.56. The monoisotopic (exact) mass is 201 g/mol. The summed E-state index contributed by atoms with van der Waals surface area (Å²) >= 11 is 0. The molecule has 0 aliphatic carbocycles. The van der Waals surface area contributed by atoms with Crippen LogP contribution in [0, 0.1) is 0 Å². The predicted octanol–water partition coefficient (Wildman–Crippen LogP) is 0.0596. The van der Waals surface area contributed by atoms with Crippen molar-refractivity contribution < 1.29 is 8.42 Å². The Hall–Kier alpha value is -1.30. The predicted molar refractivity (Wildman–Crippen MR) is 51.9 cm³/mol. The van der Waals surface area contributed by atoms with E-state index >= 15 is 0 Å². The summed E-state index contributed by atoms with van der Waals surface area (Å²) in [6.07, 6.45) is 2.57. The zero-order valence-corrected chi connectivity index (χ0v) is 8.25. The van der Waals surface area contributed by atoms with E-state index < -0.39 is 10.0 Å². The van der Waals surface area contributed by atoms with Gasteiger partial charge in [0.25, 0.3) is 0 Å². The fourth-order valence-electron chi connectivity index (χ4n) is 0.776. The molecule has 0 unspecified atom stereocenters. The van der Waals surface area contributed by atoms with Crippen LogP contribution in [-0.4, -0.2) is 26.7 Å². The molecule has 2 N–H and O–H groups in total. The maximum atomic E-state index is 11.1. The third-order valence-electron chi connectivity index (χ3n) is 1.59. The average molecular weight is 201 g/mol. The third kappa shape index (κ3) is 2.32. The number of hydrogen-bond donors (Lipinski definition) is 1. The molecule has 0 fully saturated rings. The fourth-order valence-corrected chi connectivity index (χ4v) is 1.22. The Kier molecular flexibility index (Phi) is 2.42. The van der Waals surface area contributed by atoms with Gasteiger partial charge in [-0.15, -0.1) is 0 Å². The second-order valence-electron chi connectivity index (χ2n) is 2.68. The summed E-state index contributed by atoms with van der Waals surface area (Å²) in [5.41, 5.74) is 5.96. The molecule has 5 nitrogen and oxygen atoms in total. The molecule has 1 aromatic heterocycles. The van der Waals surface area contributed by atoms with Gasteiger partial charge in [-0.05, 0) is 6.07 Å². The van der Waals surface area contributed by atoms with Gasteiger partial charge in [-0.1, -0.05) is 0 Å². The first-order chi connectivity index (χ1) is 5.91. The van der Waals surface area contributed by atoms with E-state index in [0.29, 0.717) is 11.5 Å². The molecule has 0 aromatic carbocycles. The molecule has 0 aliphatic heterocycles. The second-order valence-corrected chi connectivity index (χ2v) is 4.69. The van der Waals surface area contributed by atoms with Gasteiger partial charge in [-0.2, -0.15) is 0 Å². The number of nitrogens with two attached hydrogens (primary N) is 1. The highest BCUT2D eigenvalue weighted by Gasteiger charge is 2.12. The van der Waals surface area contributed by atoms with Crippen molar-refractivity contribution in [3.05, 3.63) is 18.3 Å². The van der Waals surface area contributed by atoms with E-state index in [0.717, 1.165) is 10.6 Å². The van der Waals surface area contributed by atoms with Gasteiger partial charge in [0.15, 0.2) is 0 Å². The van der Waals surface area contributed by atoms with Gasteiger partial charge in [0.05, 0.1) is 6.26 Å². The smallest absolute Gasteiger partial charge is 0.233 e. The van der Waals surface area contributed by atoms with Crippen LogP contribution in [0.15, 0.2) is 18.3 Å². The molecule has 13 heavy (non-hydrogen) atoms. The summed E-state index contributed by atoms with van der Waals surface area (Å²) in [5, 5.41) is 0. The zero-order valence-electron chi connectivity index (χ0n) is 7.43. The van der Waals surface area contributed by atoms with E-state index in [-0.39, 0.29) is 0 Å². The fraction of sp³-hybridized carbons (Fsp3) is 0.286. The highest BCUT2D eigenvalue weighted by atomic mass is 32.2. The van der Waals surface area contributed by atoms with Crippen molar-refractivity contribution in [2.75, 3.05) is 23.3 Å². The van der Waals surface area contributed by atoms with Crippen molar-refractivity contribution in [2.45, 2.75) is 0 Å². The molecular weight excluding hydrogens is 190 g/mol. The SMILES string of the molecule is CN(c1cc(N)ccn1)S(C)(=O)=O. The summed E-state index contributed by atoms with van der Waals surface area (Å²) in [5.74, 6) is 0.322. The van der Waals surface area contributed by atoms with E-state index in [1.165, 1.54) is 19.3 Å². The Morgan fingerprint density at radius 2 is 2.15 bits per heavy atom. The van der Waals surface area contributed by atoms with Crippen LogP contribution >= 0.6 is 0 Å². The van der Waals surface area contributed by atoms with Crippen molar-refractivity contribution in [1.82, 2.24) is 4.98 Å². The normalized spacial score (nSPS) is 11.2. The Balaban J connectivity index is 3.10. The molecule has 6 heteroatoms. The first kappa shape index (κ1) is 9.79. The highest BCUT2D eigenvalue weighted by Crippen LogP contribution is 2.14. The van der Waals surface area contributed by atoms with E-state index in [9.17, 15) is 8.42 Å². The summed E-state index contributed by atoms with van der Waals surface area (Å²) in [4.78, 5) is 3.87. The molecule has 0 amide bonds. The quantitative estimate of drug-likeness (QED) is 0.734. The van der Waals surface area contributed by atoms with Crippen LogP contribution in [0.5, 0.6) is 0 Å². The number of nitrogens with zero attached hydrogens (tertiary/aromatic N) is 2. The Morgan fingerprint density at radius 1 is 1.54 bits per heavy atom. The van der Waals surface area contributed by atoms with Crippen LogP contribution < -0.4 is 10.0 Å². The van der Waals surface area contributed by atoms with Crippen LogP contribution in [0.2, 0.25) is 0 Å². The van der Waals surface area contributed by atoms with Crippen molar-refractivity contribution >= 4 is 21.5 Å². The van der Waals surface area contributed by atoms with Gasteiger partial charge in [0.2, 0.25) is 10.0 Å². The van der Waals surface area contributed by atoms with Gasteiger partial charge < -0.3 is 5.73 Å². The van der Waals surface area contributed by atoms with Crippen LogP contribution in [0.1, 0.15) is 0 Å². The molecule has 1 rings (SSSR count). The summed E-state index contributed by atoms with van der Waals surface area (Å²) in [6.45, 7) is 0. The lowest BCUT2D eigenvalue weighted by atomic mass is 10.4. The van der Waals surface area contributed by atoms with Gasteiger partial charge in [0.1, 0.15) is 5.82 Å². The summed E-state index contributed by atoms with van der Waals surface area (Å²) in [6, 6.07) is 3.10. The number of hydrogen-bond acceptors (Lipinski definition) is 4. The molecule has 0 spiro atoms. The lowest BCUT2D eigenvalue weighted by molar-refractivity contribution is 0.600. The molecule has 0 radical (unpaired) electrons. The largest absolute Gasteiger partial charge is 0.399 e. The minimum absolute atomic E-state index is 0.322. The van der Waals surface area contributed by atoms with E-state index in [1.54, 1.807) is 6.07 Å². The standard InChI is InChI=1S/C7H11N3O2S/c1-10(13(2,11)12)7-5-6(8)3-4-9-7/h3-5H,1-2H3,(H2,8,9). The van der Waals surface area contributed by atoms with Crippen LogP contribution in [0.25, 0.3) is 0 Å². The molecular formula is C7H11N3O2S. The average Bonchev–Trinajstić information content (AvgIpc) is 2.01. The van der Waals surface area contributed by atoms with Crippen molar-refractivity contribution in [3.8, 4) is 0 Å². The minimum atomic E-state index is -3.26. The number of nitrogen functional groups attached to an aromatic ring is 1. The number of sulfonamides is 1. The number of rotatable bonds is 2. The molecule has 0 aliphatic rings. The summed E-state index contributed by atoms with van der Waals surface area (Å²) < 4.78 is 23.2. The van der Waals surface area contributed by atoms with Crippen LogP contribution in [0.3, 0.4) is 0 Å². The van der Waals surface area contributed by atoms with Gasteiger partial charge >= 0.3 is 0 Å². The molecule has 0 saturated carbocycles. The number of aromatic nitrogens is 1. The molecule has 1 aromatic rings. The Labute approximate surface area is 77.2 Å². The van der Waals surface area contributed by atoms with Gasteiger partial charge in [-0.3, -0.25) is 4.31 Å². The van der Waals surface area contributed by atoms with Crippen molar-refractivity contribution in [2.24, 2.45) is 0 Å². The first-order valence-corrected chi connectivity index (χ1v) is 5.41. The van der Waals surface area contributed by atoms with E-state index in [1.807, 2.05) is 0 Å². The molecule has 72 valence electrons. The number of pyridine rings is 1.